The summed E-state index contributed by atoms with van der Waals surface area (Å²) >= 11 is 0. The average Bonchev–Trinajstić information content (AvgIpc) is 3.55. The highest BCUT2D eigenvalue weighted by Gasteiger charge is 2.54. The Bertz CT molecular complexity index is 1290. The molecule has 2 N–H and O–H groups in total. The summed E-state index contributed by atoms with van der Waals surface area (Å²) in [6, 6.07) is 12.2. The molecule has 9 heteroatoms. The molecule has 8 nitrogen and oxygen atoms in total. The number of hydrogen-bond donors (Lipinski definition) is 2. The Balaban J connectivity index is 1.72. The fraction of sp³-hybridized carbons (Fsp3) is 0.227. The first-order valence-corrected chi connectivity index (χ1v) is 11.2. The van der Waals surface area contributed by atoms with Gasteiger partial charge in [0.05, 0.1) is 28.0 Å². The van der Waals surface area contributed by atoms with Crippen molar-refractivity contribution < 1.29 is 27.9 Å². The van der Waals surface area contributed by atoms with E-state index in [2.05, 4.69) is 9.71 Å². The summed E-state index contributed by atoms with van der Waals surface area (Å²) in [7, 11) is -4.19. The first kappa shape index (κ1) is 20.8. The molecule has 1 aromatic heterocycles. The minimum atomic E-state index is -4.19. The molecule has 1 saturated carbocycles. The number of carbonyl (C=O) groups is 2. The molecule has 160 valence electrons. The van der Waals surface area contributed by atoms with Gasteiger partial charge in [0.25, 0.3) is 10.0 Å². The lowest BCUT2D eigenvalue weighted by Gasteiger charge is -2.20. The second-order valence-corrected chi connectivity index (χ2v) is 8.94. The molecule has 0 spiro atoms. The number of sulfonamides is 1. The SMILES string of the molecule is CCOc1ccc(C(=O)O)cc1C1(C(=O)NS(=O)(=O)c2cccc3ncccc23)CC1. The lowest BCUT2D eigenvalue weighted by atomic mass is 9.92. The van der Waals surface area contributed by atoms with E-state index in [-0.39, 0.29) is 10.5 Å². The predicted molar refractivity (Wildman–Crippen MR) is 113 cm³/mol. The number of carbonyl (C=O) groups excluding carboxylic acids is 1. The smallest absolute Gasteiger partial charge is 0.335 e. The highest BCUT2D eigenvalue weighted by molar-refractivity contribution is 7.90. The number of ether oxygens (including phenoxy) is 1. The molecule has 0 saturated heterocycles. The van der Waals surface area contributed by atoms with Gasteiger partial charge in [0.15, 0.2) is 0 Å². The Labute approximate surface area is 178 Å². The monoisotopic (exact) mass is 440 g/mol. The lowest BCUT2D eigenvalue weighted by molar-refractivity contribution is -0.121. The predicted octanol–water partition coefficient (Wildman–Crippen LogP) is 2.87. The minimum absolute atomic E-state index is 0.000475. The van der Waals surface area contributed by atoms with Crippen molar-refractivity contribution in [3.63, 3.8) is 0 Å². The van der Waals surface area contributed by atoms with Crippen LogP contribution in [0, 0.1) is 0 Å². The number of benzene rings is 2. The van der Waals surface area contributed by atoms with Crippen LogP contribution in [-0.4, -0.2) is 37.0 Å². The zero-order valence-electron chi connectivity index (χ0n) is 16.7. The van der Waals surface area contributed by atoms with Crippen LogP contribution >= 0.6 is 0 Å². The molecule has 4 rings (SSSR count). The van der Waals surface area contributed by atoms with E-state index in [9.17, 15) is 23.1 Å². The number of aromatic nitrogens is 1. The Morgan fingerprint density at radius 1 is 1.16 bits per heavy atom. The Kier molecular flexibility index (Phi) is 5.14. The van der Waals surface area contributed by atoms with Gasteiger partial charge in [0.2, 0.25) is 5.91 Å². The first-order chi connectivity index (χ1) is 14.8. The molecule has 1 heterocycles. The third-order valence-corrected chi connectivity index (χ3v) is 6.74. The van der Waals surface area contributed by atoms with Gasteiger partial charge >= 0.3 is 5.97 Å². The van der Waals surface area contributed by atoms with Gasteiger partial charge in [-0.05, 0) is 62.2 Å². The normalized spacial score (nSPS) is 14.7. The van der Waals surface area contributed by atoms with Crippen molar-refractivity contribution in [2.75, 3.05) is 6.61 Å². The van der Waals surface area contributed by atoms with Crippen LogP contribution in [0.2, 0.25) is 0 Å². The average molecular weight is 440 g/mol. The summed E-state index contributed by atoms with van der Waals surface area (Å²) in [5, 5.41) is 9.75. The van der Waals surface area contributed by atoms with Gasteiger partial charge in [-0.2, -0.15) is 0 Å². The van der Waals surface area contributed by atoms with Crippen LogP contribution in [0.3, 0.4) is 0 Å². The fourth-order valence-corrected chi connectivity index (χ4v) is 4.92. The molecule has 1 aliphatic carbocycles. The van der Waals surface area contributed by atoms with E-state index in [1.807, 2.05) is 0 Å². The number of nitrogens with one attached hydrogen (secondary N) is 1. The zero-order chi connectivity index (χ0) is 22.2. The minimum Gasteiger partial charge on any atom is -0.494 e. The number of rotatable bonds is 7. The summed E-state index contributed by atoms with van der Waals surface area (Å²) in [4.78, 5) is 28.7. The third-order valence-electron chi connectivity index (χ3n) is 5.35. The molecule has 0 radical (unpaired) electrons. The number of pyridine rings is 1. The fourth-order valence-electron chi connectivity index (χ4n) is 3.65. The standard InChI is InChI=1S/C22H20N2O6S/c1-2-30-18-9-8-14(20(25)26)13-16(18)22(10-11-22)21(27)24-31(28,29)19-7-3-6-17-15(19)5-4-12-23-17/h3-9,12-13H,2,10-11H2,1H3,(H,24,27)(H,25,26). The van der Waals surface area contributed by atoms with Crippen LogP contribution in [-0.2, 0) is 20.2 Å². The van der Waals surface area contributed by atoms with Crippen molar-refractivity contribution in [3.05, 3.63) is 65.9 Å². The van der Waals surface area contributed by atoms with E-state index < -0.39 is 27.3 Å². The molecule has 0 aliphatic heterocycles. The molecule has 1 fully saturated rings. The van der Waals surface area contributed by atoms with Crippen molar-refractivity contribution in [2.24, 2.45) is 0 Å². The van der Waals surface area contributed by atoms with Gasteiger partial charge in [-0.15, -0.1) is 0 Å². The van der Waals surface area contributed by atoms with Crippen molar-refractivity contribution in [1.82, 2.24) is 9.71 Å². The number of aromatic carboxylic acids is 1. The summed E-state index contributed by atoms with van der Waals surface area (Å²) in [5.74, 6) is -1.49. The maximum Gasteiger partial charge on any atom is 0.335 e. The molecule has 1 aliphatic rings. The third kappa shape index (κ3) is 3.72. The van der Waals surface area contributed by atoms with E-state index in [1.54, 1.807) is 37.4 Å². The topological polar surface area (TPSA) is 123 Å². The summed E-state index contributed by atoms with van der Waals surface area (Å²) in [6.07, 6.45) is 2.32. The van der Waals surface area contributed by atoms with Crippen molar-refractivity contribution >= 4 is 32.8 Å². The van der Waals surface area contributed by atoms with E-state index in [4.69, 9.17) is 4.74 Å². The Morgan fingerprint density at radius 3 is 2.61 bits per heavy atom. The largest absolute Gasteiger partial charge is 0.494 e. The van der Waals surface area contributed by atoms with E-state index in [0.29, 0.717) is 41.7 Å². The highest BCUT2D eigenvalue weighted by Crippen LogP contribution is 2.52. The lowest BCUT2D eigenvalue weighted by Crippen LogP contribution is -2.39. The van der Waals surface area contributed by atoms with Gasteiger partial charge in [0.1, 0.15) is 5.75 Å². The molecule has 2 aromatic carbocycles. The van der Waals surface area contributed by atoms with Gasteiger partial charge in [-0.25, -0.2) is 17.9 Å². The van der Waals surface area contributed by atoms with Gasteiger partial charge in [-0.3, -0.25) is 9.78 Å². The first-order valence-electron chi connectivity index (χ1n) is 9.70. The number of amides is 1. The van der Waals surface area contributed by atoms with Crippen LogP contribution in [0.4, 0.5) is 0 Å². The highest BCUT2D eigenvalue weighted by atomic mass is 32.2. The van der Waals surface area contributed by atoms with Crippen molar-refractivity contribution in [3.8, 4) is 5.75 Å². The second-order valence-electron chi connectivity index (χ2n) is 7.29. The van der Waals surface area contributed by atoms with Crippen LogP contribution in [0.25, 0.3) is 10.9 Å². The molecule has 0 bridgehead atoms. The molecule has 31 heavy (non-hydrogen) atoms. The number of hydrogen-bond acceptors (Lipinski definition) is 6. The van der Waals surface area contributed by atoms with E-state index >= 15 is 0 Å². The molecular weight excluding hydrogens is 420 g/mol. The Morgan fingerprint density at radius 2 is 1.94 bits per heavy atom. The quantitative estimate of drug-likeness (QED) is 0.579. The van der Waals surface area contributed by atoms with Crippen LogP contribution in [0.15, 0.2) is 59.6 Å². The summed E-state index contributed by atoms with van der Waals surface area (Å²) < 4.78 is 33.9. The number of nitrogens with zero attached hydrogens (tertiary/aromatic N) is 1. The maximum atomic E-state index is 13.2. The van der Waals surface area contributed by atoms with Crippen molar-refractivity contribution in [2.45, 2.75) is 30.1 Å². The maximum absolute atomic E-state index is 13.2. The number of fused-ring (bicyclic) bond motifs is 1. The van der Waals surface area contributed by atoms with Crippen LogP contribution in [0.5, 0.6) is 5.75 Å². The molecular formula is C22H20N2O6S. The summed E-state index contributed by atoms with van der Waals surface area (Å²) in [5.41, 5.74) is -0.292. The Hall–Kier alpha value is -3.46. The van der Waals surface area contributed by atoms with Gasteiger partial charge in [-0.1, -0.05) is 6.07 Å². The zero-order valence-corrected chi connectivity index (χ0v) is 17.5. The molecule has 0 unspecified atom stereocenters. The van der Waals surface area contributed by atoms with Gasteiger partial charge < -0.3 is 9.84 Å². The van der Waals surface area contributed by atoms with E-state index in [1.165, 1.54) is 24.3 Å². The van der Waals surface area contributed by atoms with Crippen molar-refractivity contribution in [1.29, 1.82) is 0 Å². The van der Waals surface area contributed by atoms with Crippen LogP contribution < -0.4 is 9.46 Å². The van der Waals surface area contributed by atoms with Crippen LogP contribution in [0.1, 0.15) is 35.7 Å². The number of carboxylic acid groups (broad SMARTS) is 1. The second kappa shape index (κ2) is 7.66. The molecule has 3 aromatic rings. The molecule has 1 amide bonds. The van der Waals surface area contributed by atoms with Gasteiger partial charge in [0, 0.05) is 17.1 Å². The number of carboxylic acids is 1. The summed E-state index contributed by atoms with van der Waals surface area (Å²) in [6.45, 7) is 2.09. The van der Waals surface area contributed by atoms with E-state index in [0.717, 1.165) is 0 Å². The molecule has 0 atom stereocenters.